The fraction of sp³-hybridized carbons (Fsp3) is 0.350. The molecule has 0 spiro atoms. The predicted molar refractivity (Wildman–Crippen MR) is 100 cm³/mol. The van der Waals surface area contributed by atoms with Crippen LogP contribution in [0.15, 0.2) is 24.3 Å². The summed E-state index contributed by atoms with van der Waals surface area (Å²) in [6, 6.07) is 7.77. The van der Waals surface area contributed by atoms with Gasteiger partial charge in [0.15, 0.2) is 0 Å². The standard InChI is InChI=1S/C20H21ClFN3/c1-3-5-18-19(4-2)25(12-15-6-8-16(21)9-7-15)20(23-18)14-24-11-10-17(22)13-24/h1,4-9,17H,10-14H2,2H3. The summed E-state index contributed by atoms with van der Waals surface area (Å²) in [7, 11) is 0. The molecule has 1 aliphatic rings. The smallest absolute Gasteiger partial charge is 0.124 e. The number of hydrogen-bond donors (Lipinski definition) is 0. The molecule has 3 rings (SSSR count). The van der Waals surface area contributed by atoms with E-state index in [1.807, 2.05) is 37.3 Å². The maximum Gasteiger partial charge on any atom is 0.124 e. The number of hydrogen-bond acceptors (Lipinski definition) is 2. The van der Waals surface area contributed by atoms with Crippen molar-refractivity contribution >= 4 is 23.8 Å². The summed E-state index contributed by atoms with van der Waals surface area (Å²) in [5, 5.41) is 2.48. The normalized spacial score (nSPS) is 19.5. The lowest BCUT2D eigenvalue weighted by Gasteiger charge is -2.16. The van der Waals surface area contributed by atoms with Gasteiger partial charge in [0, 0.05) is 30.7 Å². The molecule has 1 aliphatic heterocycles. The van der Waals surface area contributed by atoms with E-state index < -0.39 is 6.17 Å². The van der Waals surface area contributed by atoms with Crippen molar-refractivity contribution in [1.82, 2.24) is 14.5 Å². The molecule has 5 heteroatoms. The van der Waals surface area contributed by atoms with Gasteiger partial charge in [-0.15, -0.1) is 6.42 Å². The van der Waals surface area contributed by atoms with E-state index in [9.17, 15) is 4.39 Å². The summed E-state index contributed by atoms with van der Waals surface area (Å²) < 4.78 is 15.7. The molecule has 1 atom stereocenters. The van der Waals surface area contributed by atoms with E-state index in [1.165, 1.54) is 0 Å². The highest BCUT2D eigenvalue weighted by Crippen LogP contribution is 2.15. The van der Waals surface area contributed by atoms with E-state index in [0.29, 0.717) is 31.1 Å². The highest BCUT2D eigenvalue weighted by molar-refractivity contribution is 6.30. The maximum atomic E-state index is 13.5. The third-order valence-corrected chi connectivity index (χ3v) is 4.69. The molecular weight excluding hydrogens is 337 g/mol. The number of terminal acetylenes is 1. The molecule has 0 saturated carbocycles. The van der Waals surface area contributed by atoms with Gasteiger partial charge < -0.3 is 4.57 Å². The Morgan fingerprint density at radius 2 is 2.12 bits per heavy atom. The molecule has 25 heavy (non-hydrogen) atoms. The Hall–Kier alpha value is -2.09. The fourth-order valence-electron chi connectivity index (χ4n) is 3.22. The predicted octanol–water partition coefficient (Wildman–Crippen LogP) is 2.34. The topological polar surface area (TPSA) is 21.1 Å². The molecule has 2 heterocycles. The highest BCUT2D eigenvalue weighted by atomic mass is 35.5. The van der Waals surface area contributed by atoms with Crippen LogP contribution in [-0.2, 0) is 13.1 Å². The van der Waals surface area contributed by atoms with Gasteiger partial charge in [-0.2, -0.15) is 0 Å². The van der Waals surface area contributed by atoms with Crippen molar-refractivity contribution in [3.63, 3.8) is 0 Å². The number of likely N-dealkylation sites (tertiary alicyclic amines) is 1. The zero-order valence-corrected chi connectivity index (χ0v) is 15.0. The zero-order valence-electron chi connectivity index (χ0n) is 14.3. The van der Waals surface area contributed by atoms with E-state index in [2.05, 4.69) is 15.4 Å². The van der Waals surface area contributed by atoms with Gasteiger partial charge in [-0.3, -0.25) is 4.90 Å². The third-order valence-electron chi connectivity index (χ3n) is 4.44. The lowest BCUT2D eigenvalue weighted by molar-refractivity contribution is 0.274. The molecule has 1 saturated heterocycles. The third kappa shape index (κ3) is 4.12. The number of benzene rings is 1. The quantitative estimate of drug-likeness (QED) is 0.783. The van der Waals surface area contributed by atoms with Crippen molar-refractivity contribution in [2.24, 2.45) is 0 Å². The van der Waals surface area contributed by atoms with Crippen LogP contribution in [-0.4, -0.2) is 33.7 Å². The molecule has 1 aromatic heterocycles. The van der Waals surface area contributed by atoms with Crippen LogP contribution in [0.5, 0.6) is 0 Å². The minimum absolute atomic E-state index is 0.465. The second-order valence-corrected chi connectivity index (χ2v) is 6.67. The fourth-order valence-corrected chi connectivity index (χ4v) is 3.35. The van der Waals surface area contributed by atoms with E-state index in [-0.39, 0.29) is 0 Å². The summed E-state index contributed by atoms with van der Waals surface area (Å²) in [4.78, 5) is 6.82. The van der Waals surface area contributed by atoms with E-state index in [4.69, 9.17) is 23.0 Å². The van der Waals surface area contributed by atoms with E-state index in [1.54, 1.807) is 6.08 Å². The molecule has 3 nitrogen and oxygen atoms in total. The van der Waals surface area contributed by atoms with Crippen molar-refractivity contribution < 1.29 is 4.39 Å². The molecule has 0 amide bonds. The lowest BCUT2D eigenvalue weighted by atomic mass is 10.2. The Labute approximate surface area is 152 Å². The highest BCUT2D eigenvalue weighted by Gasteiger charge is 2.23. The largest absolute Gasteiger partial charge is 0.323 e. The van der Waals surface area contributed by atoms with Gasteiger partial charge in [0.05, 0.1) is 17.2 Å². The number of nitrogens with zero attached hydrogens (tertiary/aromatic N) is 3. The number of halogens is 2. The van der Waals surface area contributed by atoms with Crippen LogP contribution >= 0.6 is 11.6 Å². The molecule has 2 aromatic rings. The van der Waals surface area contributed by atoms with Crippen LogP contribution in [0.2, 0.25) is 5.02 Å². The number of imidazole rings is 1. The first-order valence-electron chi connectivity index (χ1n) is 8.39. The number of aromatic nitrogens is 2. The van der Waals surface area contributed by atoms with Gasteiger partial charge in [0.2, 0.25) is 0 Å². The summed E-state index contributed by atoms with van der Waals surface area (Å²) in [6.45, 7) is 4.49. The summed E-state index contributed by atoms with van der Waals surface area (Å²) in [6.07, 6.45) is 8.99. The van der Waals surface area contributed by atoms with Gasteiger partial charge in [0.1, 0.15) is 12.0 Å². The van der Waals surface area contributed by atoms with Gasteiger partial charge in [0.25, 0.3) is 0 Å². The molecule has 1 fully saturated rings. The molecule has 0 radical (unpaired) electrons. The number of alkyl halides is 1. The minimum Gasteiger partial charge on any atom is -0.323 e. The molecule has 0 bridgehead atoms. The first-order valence-corrected chi connectivity index (χ1v) is 8.77. The van der Waals surface area contributed by atoms with Crippen LogP contribution < -0.4 is 10.7 Å². The van der Waals surface area contributed by atoms with Crippen LogP contribution in [0.4, 0.5) is 4.39 Å². The van der Waals surface area contributed by atoms with Gasteiger partial charge in [-0.05, 0) is 31.0 Å². The van der Waals surface area contributed by atoms with E-state index >= 15 is 0 Å². The Morgan fingerprint density at radius 3 is 2.72 bits per heavy atom. The van der Waals surface area contributed by atoms with Crippen LogP contribution in [0.25, 0.3) is 12.2 Å². The molecule has 0 N–H and O–H groups in total. The average molecular weight is 358 g/mol. The van der Waals surface area contributed by atoms with Crippen molar-refractivity contribution in [2.75, 3.05) is 13.1 Å². The maximum absolute atomic E-state index is 13.5. The van der Waals surface area contributed by atoms with Crippen molar-refractivity contribution in [3.05, 3.63) is 51.4 Å². The average Bonchev–Trinajstić information content (AvgIpc) is 3.14. The zero-order chi connectivity index (χ0) is 17.8. The molecular formula is C20H21ClFN3. The number of rotatable bonds is 4. The molecule has 0 aliphatic carbocycles. The van der Waals surface area contributed by atoms with Gasteiger partial charge >= 0.3 is 0 Å². The Kier molecular flexibility index (Phi) is 5.57. The summed E-state index contributed by atoms with van der Waals surface area (Å²) in [5.41, 5.74) is 1.13. The second-order valence-electron chi connectivity index (χ2n) is 6.23. The van der Waals surface area contributed by atoms with Crippen LogP contribution in [0, 0.1) is 12.3 Å². The van der Waals surface area contributed by atoms with Gasteiger partial charge in [-0.1, -0.05) is 35.7 Å². The first kappa shape index (κ1) is 17.7. The van der Waals surface area contributed by atoms with Crippen LogP contribution in [0.3, 0.4) is 0 Å². The second kappa shape index (κ2) is 7.86. The SMILES string of the molecule is C#CC=c1nc(CN2CCC(F)C2)n(Cc2ccc(Cl)cc2)c1=CC. The minimum atomic E-state index is -0.742. The monoisotopic (exact) mass is 357 g/mol. The summed E-state index contributed by atoms with van der Waals surface area (Å²) >= 11 is 5.98. The Balaban J connectivity index is 1.99. The Morgan fingerprint density at radius 1 is 1.36 bits per heavy atom. The molecule has 130 valence electrons. The summed E-state index contributed by atoms with van der Waals surface area (Å²) in [5.74, 6) is 3.46. The molecule has 1 aromatic carbocycles. The first-order chi connectivity index (χ1) is 12.1. The van der Waals surface area contributed by atoms with E-state index in [0.717, 1.165) is 28.6 Å². The van der Waals surface area contributed by atoms with Crippen LogP contribution in [0.1, 0.15) is 24.7 Å². The van der Waals surface area contributed by atoms with Crippen molar-refractivity contribution in [2.45, 2.75) is 32.6 Å². The molecule has 1 unspecified atom stereocenters. The lowest BCUT2D eigenvalue weighted by Crippen LogP contribution is -2.31. The van der Waals surface area contributed by atoms with Crippen molar-refractivity contribution in [3.8, 4) is 12.3 Å². The Bertz CT molecular complexity index is 893. The van der Waals surface area contributed by atoms with Crippen molar-refractivity contribution in [1.29, 1.82) is 0 Å². The van der Waals surface area contributed by atoms with Gasteiger partial charge in [-0.25, -0.2) is 9.37 Å².